The quantitative estimate of drug-likeness (QED) is 0.867. The summed E-state index contributed by atoms with van der Waals surface area (Å²) in [5.41, 5.74) is 1.87. The largest absolute Gasteiger partial charge is 0.371 e. The van der Waals surface area contributed by atoms with Crippen molar-refractivity contribution in [3.05, 3.63) is 47.2 Å². The van der Waals surface area contributed by atoms with E-state index in [9.17, 15) is 0 Å². The van der Waals surface area contributed by atoms with Crippen LogP contribution in [0.3, 0.4) is 0 Å². The molecule has 0 N–H and O–H groups in total. The fourth-order valence-electron chi connectivity index (χ4n) is 2.91. The standard InChI is InChI=1S/C17H18ClN5/c1-22(17-20-11-14(18)12-21-17)15-6-8-23(9-7-15)16-4-2-13(10-19)3-5-16/h2-5,11-12,15H,6-9H2,1H3. The molecule has 5 nitrogen and oxygen atoms in total. The van der Waals surface area contributed by atoms with Crippen LogP contribution in [0.25, 0.3) is 0 Å². The summed E-state index contributed by atoms with van der Waals surface area (Å²) in [6.07, 6.45) is 5.35. The molecule has 1 saturated heterocycles. The maximum absolute atomic E-state index is 8.87. The molecule has 6 heteroatoms. The number of hydrogen-bond acceptors (Lipinski definition) is 5. The van der Waals surface area contributed by atoms with E-state index < -0.39 is 0 Å². The van der Waals surface area contributed by atoms with Gasteiger partial charge in [-0.2, -0.15) is 5.26 Å². The van der Waals surface area contributed by atoms with Gasteiger partial charge in [-0.1, -0.05) is 11.6 Å². The highest BCUT2D eigenvalue weighted by Crippen LogP contribution is 2.24. The molecule has 1 fully saturated rings. The van der Waals surface area contributed by atoms with E-state index in [1.54, 1.807) is 12.4 Å². The van der Waals surface area contributed by atoms with Crippen LogP contribution in [0.15, 0.2) is 36.7 Å². The van der Waals surface area contributed by atoms with E-state index in [1.807, 2.05) is 31.3 Å². The van der Waals surface area contributed by atoms with E-state index >= 15 is 0 Å². The molecule has 1 aromatic carbocycles. The second kappa shape index (κ2) is 6.84. The lowest BCUT2D eigenvalue weighted by Crippen LogP contribution is -2.44. The SMILES string of the molecule is CN(c1ncc(Cl)cn1)C1CCN(c2ccc(C#N)cc2)CC1. The molecule has 1 aliphatic rings. The number of aromatic nitrogens is 2. The summed E-state index contributed by atoms with van der Waals surface area (Å²) in [6, 6.07) is 10.4. The first-order chi connectivity index (χ1) is 11.2. The third-order valence-electron chi connectivity index (χ3n) is 4.30. The maximum Gasteiger partial charge on any atom is 0.225 e. The van der Waals surface area contributed by atoms with Gasteiger partial charge >= 0.3 is 0 Å². The van der Waals surface area contributed by atoms with E-state index in [4.69, 9.17) is 16.9 Å². The van der Waals surface area contributed by atoms with Gasteiger partial charge in [-0.3, -0.25) is 0 Å². The van der Waals surface area contributed by atoms with Crippen LogP contribution in [0.2, 0.25) is 5.02 Å². The molecule has 0 saturated carbocycles. The van der Waals surface area contributed by atoms with Gasteiger partial charge < -0.3 is 9.80 Å². The van der Waals surface area contributed by atoms with E-state index in [2.05, 4.69) is 25.8 Å². The van der Waals surface area contributed by atoms with Gasteiger partial charge in [0, 0.05) is 31.9 Å². The zero-order chi connectivity index (χ0) is 16.2. The van der Waals surface area contributed by atoms with Gasteiger partial charge in [0.2, 0.25) is 5.95 Å². The zero-order valence-corrected chi connectivity index (χ0v) is 13.7. The van der Waals surface area contributed by atoms with Crippen molar-refractivity contribution in [2.75, 3.05) is 29.9 Å². The summed E-state index contributed by atoms with van der Waals surface area (Å²) in [5.74, 6) is 0.714. The molecule has 23 heavy (non-hydrogen) atoms. The van der Waals surface area contributed by atoms with Crippen LogP contribution >= 0.6 is 11.6 Å². The van der Waals surface area contributed by atoms with E-state index in [0.29, 0.717) is 22.6 Å². The number of nitrogens with zero attached hydrogens (tertiary/aromatic N) is 5. The third kappa shape index (κ3) is 3.54. The average molecular weight is 328 g/mol. The van der Waals surface area contributed by atoms with Crippen LogP contribution in [0.5, 0.6) is 0 Å². The van der Waals surface area contributed by atoms with Crippen molar-refractivity contribution in [2.24, 2.45) is 0 Å². The predicted octanol–water partition coefficient (Wildman–Crippen LogP) is 3.11. The van der Waals surface area contributed by atoms with Crippen LogP contribution in [-0.2, 0) is 0 Å². The number of rotatable bonds is 3. The highest BCUT2D eigenvalue weighted by molar-refractivity contribution is 6.30. The third-order valence-corrected chi connectivity index (χ3v) is 4.49. The first-order valence-corrected chi connectivity index (χ1v) is 8.00. The lowest BCUT2D eigenvalue weighted by molar-refractivity contribution is 0.477. The molecule has 2 heterocycles. The summed E-state index contributed by atoms with van der Waals surface area (Å²) in [4.78, 5) is 13.1. The predicted molar refractivity (Wildman–Crippen MR) is 91.8 cm³/mol. The Kier molecular flexibility index (Phi) is 4.63. The van der Waals surface area contributed by atoms with Crippen molar-refractivity contribution < 1.29 is 0 Å². The molecule has 118 valence electrons. The van der Waals surface area contributed by atoms with Crippen LogP contribution in [-0.4, -0.2) is 36.1 Å². The van der Waals surface area contributed by atoms with Gasteiger partial charge in [-0.05, 0) is 37.1 Å². The minimum absolute atomic E-state index is 0.422. The van der Waals surface area contributed by atoms with Crippen molar-refractivity contribution in [2.45, 2.75) is 18.9 Å². The summed E-state index contributed by atoms with van der Waals surface area (Å²) in [7, 11) is 2.03. The van der Waals surface area contributed by atoms with Crippen molar-refractivity contribution in [1.82, 2.24) is 9.97 Å². The molecule has 1 aliphatic heterocycles. The van der Waals surface area contributed by atoms with E-state index in [-0.39, 0.29) is 0 Å². The lowest BCUT2D eigenvalue weighted by Gasteiger charge is -2.37. The van der Waals surface area contributed by atoms with Crippen LogP contribution < -0.4 is 9.80 Å². The van der Waals surface area contributed by atoms with Gasteiger partial charge in [-0.15, -0.1) is 0 Å². The Hall–Kier alpha value is -2.32. The molecule has 0 radical (unpaired) electrons. The number of anilines is 2. The average Bonchev–Trinajstić information content (AvgIpc) is 2.62. The van der Waals surface area contributed by atoms with Gasteiger partial charge in [0.15, 0.2) is 0 Å². The van der Waals surface area contributed by atoms with Crippen molar-refractivity contribution >= 4 is 23.2 Å². The van der Waals surface area contributed by atoms with Crippen molar-refractivity contribution in [3.8, 4) is 6.07 Å². The second-order valence-electron chi connectivity index (χ2n) is 5.69. The molecule has 0 spiro atoms. The molecule has 1 aromatic heterocycles. The number of benzene rings is 1. The smallest absolute Gasteiger partial charge is 0.225 e. The van der Waals surface area contributed by atoms with Gasteiger partial charge in [0.05, 0.1) is 29.0 Å². The first kappa shape index (κ1) is 15.6. The Morgan fingerprint density at radius 1 is 1.17 bits per heavy atom. The second-order valence-corrected chi connectivity index (χ2v) is 6.13. The molecule has 0 unspecified atom stereocenters. The lowest BCUT2D eigenvalue weighted by atomic mass is 10.0. The van der Waals surface area contributed by atoms with Gasteiger partial charge in [0.25, 0.3) is 0 Å². The molecular formula is C17H18ClN5. The first-order valence-electron chi connectivity index (χ1n) is 7.63. The Balaban J connectivity index is 1.61. The monoisotopic (exact) mass is 327 g/mol. The van der Waals surface area contributed by atoms with E-state index in [0.717, 1.165) is 25.9 Å². The minimum Gasteiger partial charge on any atom is -0.371 e. The van der Waals surface area contributed by atoms with Crippen LogP contribution in [0.4, 0.5) is 11.6 Å². The summed E-state index contributed by atoms with van der Waals surface area (Å²) in [5, 5.41) is 9.42. The fraction of sp³-hybridized carbons (Fsp3) is 0.353. The van der Waals surface area contributed by atoms with E-state index in [1.165, 1.54) is 5.69 Å². The number of hydrogen-bond donors (Lipinski definition) is 0. The molecular weight excluding hydrogens is 310 g/mol. The Morgan fingerprint density at radius 2 is 1.78 bits per heavy atom. The molecule has 0 aliphatic carbocycles. The summed E-state index contributed by atoms with van der Waals surface area (Å²) in [6.45, 7) is 1.96. The number of piperidine rings is 1. The fourth-order valence-corrected chi connectivity index (χ4v) is 3.01. The maximum atomic E-state index is 8.87. The number of nitriles is 1. The van der Waals surface area contributed by atoms with Crippen molar-refractivity contribution in [3.63, 3.8) is 0 Å². The van der Waals surface area contributed by atoms with Crippen molar-refractivity contribution in [1.29, 1.82) is 5.26 Å². The Labute approximate surface area is 141 Å². The molecule has 2 aromatic rings. The van der Waals surface area contributed by atoms with Gasteiger partial charge in [-0.25, -0.2) is 9.97 Å². The molecule has 0 atom stereocenters. The highest BCUT2D eigenvalue weighted by atomic mass is 35.5. The topological polar surface area (TPSA) is 56.1 Å². The highest BCUT2D eigenvalue weighted by Gasteiger charge is 2.24. The molecule has 0 amide bonds. The molecule has 0 bridgehead atoms. The molecule has 3 rings (SSSR count). The van der Waals surface area contributed by atoms with Crippen LogP contribution in [0.1, 0.15) is 18.4 Å². The summed E-state index contributed by atoms with van der Waals surface area (Å²) >= 11 is 5.84. The van der Waals surface area contributed by atoms with Crippen LogP contribution in [0, 0.1) is 11.3 Å². The zero-order valence-electron chi connectivity index (χ0n) is 13.0. The Bertz CT molecular complexity index is 684. The normalized spacial score (nSPS) is 15.3. The summed E-state index contributed by atoms with van der Waals surface area (Å²) < 4.78 is 0. The Morgan fingerprint density at radius 3 is 2.35 bits per heavy atom. The number of halogens is 1. The minimum atomic E-state index is 0.422. The van der Waals surface area contributed by atoms with Gasteiger partial charge in [0.1, 0.15) is 0 Å².